The van der Waals surface area contributed by atoms with Gasteiger partial charge in [0.25, 0.3) is 0 Å². The van der Waals surface area contributed by atoms with E-state index in [1.165, 1.54) is 0 Å². The highest BCUT2D eigenvalue weighted by atomic mass is 16.6. The highest BCUT2D eigenvalue weighted by Crippen LogP contribution is 2.36. The van der Waals surface area contributed by atoms with E-state index in [2.05, 4.69) is 5.32 Å². The molecule has 0 spiro atoms. The van der Waals surface area contributed by atoms with Crippen LogP contribution < -0.4 is 10.1 Å². The standard InChI is InChI=1S/C25H27NO5/c1-15-5-4-6-18(11-15)31-22-8-3-2-7-19(22)21(27)12-17-13-29-24-20(14-30-23(17)24)26-25(28)16-9-10-16/h2-8,11,16-17,20,23-24H,9-10,12-14H2,1H3,(H,26,28)/t17-,20-,23+,24+/m0/s1. The van der Waals surface area contributed by atoms with Crippen LogP contribution in [0.1, 0.15) is 35.2 Å². The average molecular weight is 421 g/mol. The summed E-state index contributed by atoms with van der Waals surface area (Å²) in [4.78, 5) is 25.3. The van der Waals surface area contributed by atoms with Crippen molar-refractivity contribution in [1.82, 2.24) is 5.32 Å². The van der Waals surface area contributed by atoms with Gasteiger partial charge in [-0.25, -0.2) is 0 Å². The lowest BCUT2D eigenvalue weighted by Gasteiger charge is -2.18. The van der Waals surface area contributed by atoms with Gasteiger partial charge >= 0.3 is 0 Å². The van der Waals surface area contributed by atoms with E-state index in [0.29, 0.717) is 36.7 Å². The molecule has 6 nitrogen and oxygen atoms in total. The maximum absolute atomic E-state index is 13.2. The second kappa shape index (κ2) is 8.44. The first-order valence-electron chi connectivity index (χ1n) is 11.0. The lowest BCUT2D eigenvalue weighted by Crippen LogP contribution is -2.44. The van der Waals surface area contributed by atoms with E-state index in [9.17, 15) is 9.59 Å². The van der Waals surface area contributed by atoms with E-state index in [0.717, 1.165) is 18.4 Å². The third-order valence-corrected chi connectivity index (χ3v) is 6.28. The third-order valence-electron chi connectivity index (χ3n) is 6.28. The molecule has 31 heavy (non-hydrogen) atoms. The molecule has 6 heteroatoms. The van der Waals surface area contributed by atoms with Crippen molar-refractivity contribution >= 4 is 11.7 Å². The minimum atomic E-state index is -0.181. The van der Waals surface area contributed by atoms with Crippen LogP contribution in [0.2, 0.25) is 0 Å². The Balaban J connectivity index is 1.24. The number of rotatable bonds is 7. The van der Waals surface area contributed by atoms with Crippen molar-refractivity contribution in [2.75, 3.05) is 13.2 Å². The molecule has 0 unspecified atom stereocenters. The van der Waals surface area contributed by atoms with Crippen molar-refractivity contribution in [3.63, 3.8) is 0 Å². The zero-order chi connectivity index (χ0) is 21.4. The molecule has 0 bridgehead atoms. The van der Waals surface area contributed by atoms with Crippen LogP contribution in [0.25, 0.3) is 0 Å². The summed E-state index contributed by atoms with van der Waals surface area (Å²) in [5.41, 5.74) is 1.65. The first kappa shape index (κ1) is 20.2. The molecule has 162 valence electrons. The van der Waals surface area contributed by atoms with E-state index in [4.69, 9.17) is 14.2 Å². The van der Waals surface area contributed by atoms with Gasteiger partial charge in [0.05, 0.1) is 30.9 Å². The minimum absolute atomic E-state index is 0.00608. The van der Waals surface area contributed by atoms with E-state index < -0.39 is 0 Å². The van der Waals surface area contributed by atoms with Crippen LogP contribution in [0.3, 0.4) is 0 Å². The molecular weight excluding hydrogens is 394 g/mol. The van der Waals surface area contributed by atoms with Crippen molar-refractivity contribution in [2.45, 2.75) is 44.4 Å². The van der Waals surface area contributed by atoms with E-state index in [1.54, 1.807) is 6.07 Å². The van der Waals surface area contributed by atoms with Crippen LogP contribution in [0.5, 0.6) is 11.5 Å². The van der Waals surface area contributed by atoms with Gasteiger partial charge in [-0.15, -0.1) is 0 Å². The van der Waals surface area contributed by atoms with E-state index >= 15 is 0 Å². The molecule has 3 aliphatic rings. The molecule has 1 N–H and O–H groups in total. The van der Waals surface area contributed by atoms with Crippen LogP contribution in [-0.2, 0) is 14.3 Å². The number of hydrogen-bond donors (Lipinski definition) is 1. The molecule has 2 aromatic rings. The molecule has 1 amide bonds. The number of aryl methyl sites for hydroxylation is 1. The first-order chi connectivity index (χ1) is 15.1. The lowest BCUT2D eigenvalue weighted by atomic mass is 9.92. The summed E-state index contributed by atoms with van der Waals surface area (Å²) in [7, 11) is 0. The van der Waals surface area contributed by atoms with Crippen molar-refractivity contribution in [2.24, 2.45) is 11.8 Å². The Kier molecular flexibility index (Phi) is 5.50. The van der Waals surface area contributed by atoms with Crippen molar-refractivity contribution in [3.8, 4) is 11.5 Å². The summed E-state index contributed by atoms with van der Waals surface area (Å²) in [5, 5.41) is 3.06. The number of fused-ring (bicyclic) bond motifs is 1. The molecule has 3 fully saturated rings. The summed E-state index contributed by atoms with van der Waals surface area (Å²) in [6.45, 7) is 2.89. The maximum Gasteiger partial charge on any atom is 0.223 e. The number of nitrogens with one attached hydrogen (secondary N) is 1. The molecule has 2 aromatic carbocycles. The van der Waals surface area contributed by atoms with Crippen molar-refractivity contribution in [3.05, 3.63) is 59.7 Å². The highest BCUT2D eigenvalue weighted by Gasteiger charge is 2.49. The van der Waals surface area contributed by atoms with E-state index in [1.807, 2.05) is 49.4 Å². The summed E-state index contributed by atoms with van der Waals surface area (Å²) in [6, 6.07) is 15.0. The van der Waals surface area contributed by atoms with Crippen LogP contribution in [0.15, 0.2) is 48.5 Å². The Morgan fingerprint density at radius 3 is 2.65 bits per heavy atom. The van der Waals surface area contributed by atoms with Crippen LogP contribution in [0, 0.1) is 18.8 Å². The molecule has 5 rings (SSSR count). The second-order valence-electron chi connectivity index (χ2n) is 8.79. The topological polar surface area (TPSA) is 73.9 Å². The number of ketones is 1. The van der Waals surface area contributed by atoms with Gasteiger partial charge in [0, 0.05) is 18.3 Å². The predicted molar refractivity (Wildman–Crippen MR) is 114 cm³/mol. The summed E-state index contributed by atoms with van der Waals surface area (Å²) in [5.74, 6) is 1.48. The zero-order valence-corrected chi connectivity index (χ0v) is 17.6. The summed E-state index contributed by atoms with van der Waals surface area (Å²) in [6.07, 6.45) is 1.90. The number of carbonyl (C=O) groups excluding carboxylic acids is 2. The molecule has 2 aliphatic heterocycles. The number of benzene rings is 2. The maximum atomic E-state index is 13.2. The Labute approximate surface area is 181 Å². The summed E-state index contributed by atoms with van der Waals surface area (Å²) < 4.78 is 17.9. The van der Waals surface area contributed by atoms with Crippen LogP contribution in [0.4, 0.5) is 0 Å². The fourth-order valence-electron chi connectivity index (χ4n) is 4.46. The fraction of sp³-hybridized carbons (Fsp3) is 0.440. The monoisotopic (exact) mass is 421 g/mol. The lowest BCUT2D eigenvalue weighted by molar-refractivity contribution is -0.123. The van der Waals surface area contributed by atoms with Gasteiger partial charge in [-0.2, -0.15) is 0 Å². The SMILES string of the molecule is Cc1cccc(Oc2ccccc2C(=O)C[C@H]2CO[C@H]3[C@@H]2OC[C@@H]3NC(=O)C2CC2)c1. The highest BCUT2D eigenvalue weighted by molar-refractivity contribution is 5.99. The molecule has 1 saturated carbocycles. The molecule has 0 aromatic heterocycles. The number of para-hydroxylation sites is 1. The van der Waals surface area contributed by atoms with Crippen LogP contribution in [-0.4, -0.2) is 43.2 Å². The Morgan fingerprint density at radius 2 is 1.84 bits per heavy atom. The van der Waals surface area contributed by atoms with Gasteiger partial charge in [0.15, 0.2) is 5.78 Å². The van der Waals surface area contributed by atoms with Gasteiger partial charge in [0.1, 0.15) is 17.6 Å². The predicted octanol–water partition coefficient (Wildman–Crippen LogP) is 3.67. The van der Waals surface area contributed by atoms with Crippen molar-refractivity contribution < 1.29 is 23.8 Å². The third kappa shape index (κ3) is 4.36. The molecule has 2 saturated heterocycles. The Bertz CT molecular complexity index is 985. The van der Waals surface area contributed by atoms with Crippen molar-refractivity contribution in [1.29, 1.82) is 0 Å². The Hall–Kier alpha value is -2.70. The Morgan fingerprint density at radius 1 is 1.03 bits per heavy atom. The smallest absolute Gasteiger partial charge is 0.223 e. The number of carbonyl (C=O) groups is 2. The van der Waals surface area contributed by atoms with Gasteiger partial charge in [0.2, 0.25) is 5.91 Å². The second-order valence-corrected chi connectivity index (χ2v) is 8.79. The number of ether oxygens (including phenoxy) is 3. The minimum Gasteiger partial charge on any atom is -0.457 e. The van der Waals surface area contributed by atoms with Gasteiger partial charge in [-0.05, 0) is 49.6 Å². The normalized spacial score (nSPS) is 27.0. The molecule has 0 radical (unpaired) electrons. The van der Waals surface area contributed by atoms with E-state index in [-0.39, 0.29) is 41.8 Å². The average Bonchev–Trinajstić information content (AvgIpc) is 3.43. The first-order valence-corrected chi connectivity index (χ1v) is 11.0. The van der Waals surface area contributed by atoms with Gasteiger partial charge in [-0.1, -0.05) is 24.3 Å². The number of amides is 1. The largest absolute Gasteiger partial charge is 0.457 e. The quantitative estimate of drug-likeness (QED) is 0.691. The van der Waals surface area contributed by atoms with Crippen LogP contribution >= 0.6 is 0 Å². The van der Waals surface area contributed by atoms with Gasteiger partial charge < -0.3 is 19.5 Å². The van der Waals surface area contributed by atoms with Gasteiger partial charge in [-0.3, -0.25) is 9.59 Å². The number of Topliss-reactive ketones (excluding diaryl/α,β-unsaturated/α-hetero) is 1. The summed E-state index contributed by atoms with van der Waals surface area (Å²) >= 11 is 0. The molecule has 4 atom stereocenters. The zero-order valence-electron chi connectivity index (χ0n) is 17.6. The number of hydrogen-bond acceptors (Lipinski definition) is 5. The molecule has 1 aliphatic carbocycles. The molecular formula is C25H27NO5. The molecule has 2 heterocycles. The fourth-order valence-corrected chi connectivity index (χ4v) is 4.46.